The molecule has 0 unspecified atom stereocenters. The smallest absolute Gasteiger partial charge is 0.162 e. The van der Waals surface area contributed by atoms with Crippen LogP contribution in [0.3, 0.4) is 0 Å². The minimum Gasteiger partial charge on any atom is -0.384 e. The van der Waals surface area contributed by atoms with Gasteiger partial charge in [-0.3, -0.25) is 0 Å². The van der Waals surface area contributed by atoms with Crippen LogP contribution in [0.2, 0.25) is 0 Å². The monoisotopic (exact) mass is 371 g/mol. The fraction of sp³-hybridized carbons (Fsp3) is 0.0588. The van der Waals surface area contributed by atoms with Crippen LogP contribution in [0.25, 0.3) is 11.4 Å². The lowest BCUT2D eigenvalue weighted by Gasteiger charge is -2.06. The lowest BCUT2D eigenvalue weighted by Crippen LogP contribution is -1.97. The minimum atomic E-state index is 0.493. The van der Waals surface area contributed by atoms with Gasteiger partial charge in [-0.25, -0.2) is 9.97 Å². The average Bonchev–Trinajstić information content (AvgIpc) is 2.55. The SMILES string of the molecule is Nc1cc(SCc2ccc(Br)cc2)nc(-c2ccccc2)n1. The topological polar surface area (TPSA) is 51.8 Å². The van der Waals surface area contributed by atoms with Crippen LogP contribution in [-0.4, -0.2) is 9.97 Å². The summed E-state index contributed by atoms with van der Waals surface area (Å²) in [6.45, 7) is 0. The Labute approximate surface area is 142 Å². The largest absolute Gasteiger partial charge is 0.384 e. The molecule has 0 aliphatic heterocycles. The zero-order valence-corrected chi connectivity index (χ0v) is 14.1. The van der Waals surface area contributed by atoms with Crippen LogP contribution in [0, 0.1) is 0 Å². The molecule has 3 rings (SSSR count). The Morgan fingerprint density at radius 3 is 2.41 bits per heavy atom. The van der Waals surface area contributed by atoms with E-state index in [0.29, 0.717) is 11.6 Å². The van der Waals surface area contributed by atoms with E-state index >= 15 is 0 Å². The molecule has 110 valence electrons. The molecular formula is C17H14BrN3S. The highest BCUT2D eigenvalue weighted by atomic mass is 79.9. The Kier molecular flexibility index (Phi) is 4.75. The van der Waals surface area contributed by atoms with Crippen LogP contribution in [0.5, 0.6) is 0 Å². The highest BCUT2D eigenvalue weighted by Crippen LogP contribution is 2.25. The number of thioether (sulfide) groups is 1. The zero-order chi connectivity index (χ0) is 15.4. The van der Waals surface area contributed by atoms with E-state index in [2.05, 4.69) is 38.0 Å². The van der Waals surface area contributed by atoms with Crippen molar-refractivity contribution in [2.45, 2.75) is 10.8 Å². The van der Waals surface area contributed by atoms with Gasteiger partial charge in [0.15, 0.2) is 5.82 Å². The maximum absolute atomic E-state index is 5.91. The summed E-state index contributed by atoms with van der Waals surface area (Å²) in [7, 11) is 0. The molecule has 0 radical (unpaired) electrons. The summed E-state index contributed by atoms with van der Waals surface area (Å²) in [5.41, 5.74) is 8.13. The molecule has 2 N–H and O–H groups in total. The molecule has 0 saturated carbocycles. The molecule has 0 saturated heterocycles. The lowest BCUT2D eigenvalue weighted by molar-refractivity contribution is 1.06. The molecule has 0 spiro atoms. The average molecular weight is 372 g/mol. The number of anilines is 1. The highest BCUT2D eigenvalue weighted by Gasteiger charge is 2.06. The van der Waals surface area contributed by atoms with E-state index in [1.807, 2.05) is 48.5 Å². The van der Waals surface area contributed by atoms with E-state index in [4.69, 9.17) is 5.73 Å². The Morgan fingerprint density at radius 1 is 0.955 bits per heavy atom. The van der Waals surface area contributed by atoms with E-state index in [-0.39, 0.29) is 0 Å². The predicted molar refractivity (Wildman–Crippen MR) is 95.6 cm³/mol. The maximum atomic E-state index is 5.91. The number of nitrogens with two attached hydrogens (primary N) is 1. The van der Waals surface area contributed by atoms with Gasteiger partial charge in [0.2, 0.25) is 0 Å². The van der Waals surface area contributed by atoms with Gasteiger partial charge in [-0.15, -0.1) is 11.8 Å². The molecule has 22 heavy (non-hydrogen) atoms. The van der Waals surface area contributed by atoms with Gasteiger partial charge in [0, 0.05) is 21.9 Å². The van der Waals surface area contributed by atoms with E-state index in [0.717, 1.165) is 20.8 Å². The molecule has 3 nitrogen and oxygen atoms in total. The molecule has 0 aliphatic rings. The first-order valence-corrected chi connectivity index (χ1v) is 8.56. The van der Waals surface area contributed by atoms with Crippen LogP contribution in [0.15, 0.2) is 70.2 Å². The van der Waals surface area contributed by atoms with Crippen molar-refractivity contribution in [2.75, 3.05) is 5.73 Å². The summed E-state index contributed by atoms with van der Waals surface area (Å²) in [6.07, 6.45) is 0. The van der Waals surface area contributed by atoms with Crippen molar-refractivity contribution in [1.29, 1.82) is 0 Å². The molecule has 0 bridgehead atoms. The van der Waals surface area contributed by atoms with E-state index in [1.54, 1.807) is 11.8 Å². The van der Waals surface area contributed by atoms with Crippen molar-refractivity contribution in [2.24, 2.45) is 0 Å². The Morgan fingerprint density at radius 2 is 1.68 bits per heavy atom. The van der Waals surface area contributed by atoms with E-state index < -0.39 is 0 Å². The quantitative estimate of drug-likeness (QED) is 0.529. The molecule has 0 aliphatic carbocycles. The van der Waals surface area contributed by atoms with Crippen LogP contribution < -0.4 is 5.73 Å². The first-order chi connectivity index (χ1) is 10.7. The second kappa shape index (κ2) is 6.94. The van der Waals surface area contributed by atoms with Gasteiger partial charge in [0.25, 0.3) is 0 Å². The fourth-order valence-corrected chi connectivity index (χ4v) is 3.10. The van der Waals surface area contributed by atoms with Crippen LogP contribution >= 0.6 is 27.7 Å². The minimum absolute atomic E-state index is 0.493. The van der Waals surface area contributed by atoms with Crippen molar-refractivity contribution in [3.05, 3.63) is 70.7 Å². The summed E-state index contributed by atoms with van der Waals surface area (Å²) < 4.78 is 1.08. The number of nitrogens with zero attached hydrogens (tertiary/aromatic N) is 2. The summed E-state index contributed by atoms with van der Waals surface area (Å²) in [5.74, 6) is 2.00. The van der Waals surface area contributed by atoms with Crippen molar-refractivity contribution < 1.29 is 0 Å². The number of halogens is 1. The van der Waals surface area contributed by atoms with E-state index in [9.17, 15) is 0 Å². The molecule has 5 heteroatoms. The fourth-order valence-electron chi connectivity index (χ4n) is 1.97. The van der Waals surface area contributed by atoms with Gasteiger partial charge in [-0.05, 0) is 17.7 Å². The number of nitrogen functional groups attached to an aromatic ring is 1. The lowest BCUT2D eigenvalue weighted by atomic mass is 10.2. The molecule has 2 aromatic carbocycles. The third kappa shape index (κ3) is 3.87. The van der Waals surface area contributed by atoms with Gasteiger partial charge >= 0.3 is 0 Å². The molecular weight excluding hydrogens is 358 g/mol. The number of rotatable bonds is 4. The van der Waals surface area contributed by atoms with Crippen LogP contribution in [0.1, 0.15) is 5.56 Å². The Balaban J connectivity index is 1.79. The number of hydrogen-bond acceptors (Lipinski definition) is 4. The molecule has 3 aromatic rings. The van der Waals surface area contributed by atoms with Crippen molar-refractivity contribution >= 4 is 33.5 Å². The summed E-state index contributed by atoms with van der Waals surface area (Å²) in [5, 5.41) is 0.884. The van der Waals surface area contributed by atoms with Crippen LogP contribution in [-0.2, 0) is 5.75 Å². The first kappa shape index (κ1) is 15.1. The zero-order valence-electron chi connectivity index (χ0n) is 11.7. The molecule has 1 aromatic heterocycles. The van der Waals surface area contributed by atoms with Gasteiger partial charge in [-0.1, -0.05) is 58.4 Å². The number of aromatic nitrogens is 2. The second-order valence-corrected chi connectivity index (χ2v) is 6.65. The van der Waals surface area contributed by atoms with E-state index in [1.165, 1.54) is 5.56 Å². The Bertz CT molecular complexity index is 761. The molecule has 1 heterocycles. The molecule has 0 atom stereocenters. The third-order valence-corrected chi connectivity index (χ3v) is 4.57. The normalized spacial score (nSPS) is 10.6. The first-order valence-electron chi connectivity index (χ1n) is 6.78. The highest BCUT2D eigenvalue weighted by molar-refractivity contribution is 9.10. The van der Waals surface area contributed by atoms with Crippen molar-refractivity contribution in [3.8, 4) is 11.4 Å². The van der Waals surface area contributed by atoms with Crippen LogP contribution in [0.4, 0.5) is 5.82 Å². The second-order valence-electron chi connectivity index (χ2n) is 4.74. The van der Waals surface area contributed by atoms with Gasteiger partial charge in [-0.2, -0.15) is 0 Å². The van der Waals surface area contributed by atoms with Gasteiger partial charge in [0.05, 0.1) is 0 Å². The van der Waals surface area contributed by atoms with Gasteiger partial charge in [0.1, 0.15) is 10.8 Å². The summed E-state index contributed by atoms with van der Waals surface area (Å²) in [4.78, 5) is 8.92. The summed E-state index contributed by atoms with van der Waals surface area (Å²) in [6, 6.07) is 20.0. The third-order valence-electron chi connectivity index (χ3n) is 3.05. The number of benzene rings is 2. The van der Waals surface area contributed by atoms with Gasteiger partial charge < -0.3 is 5.73 Å². The summed E-state index contributed by atoms with van der Waals surface area (Å²) >= 11 is 5.10. The van der Waals surface area contributed by atoms with Crippen molar-refractivity contribution in [1.82, 2.24) is 9.97 Å². The standard InChI is InChI=1S/C17H14BrN3S/c18-14-8-6-12(7-9-14)11-22-16-10-15(19)20-17(21-16)13-4-2-1-3-5-13/h1-10H,11H2,(H2,19,20,21). The number of hydrogen-bond donors (Lipinski definition) is 1. The Hall–Kier alpha value is -1.85. The molecule has 0 amide bonds. The predicted octanol–water partition coefficient (Wildman–Crippen LogP) is 4.78. The van der Waals surface area contributed by atoms with Crippen molar-refractivity contribution in [3.63, 3.8) is 0 Å². The maximum Gasteiger partial charge on any atom is 0.162 e. The molecule has 0 fully saturated rings.